The monoisotopic (exact) mass is 404 g/mol. The van der Waals surface area contributed by atoms with E-state index in [-0.39, 0.29) is 24.5 Å². The molecule has 2 atom stereocenters. The Hall–Kier alpha value is -2.89. The van der Waals surface area contributed by atoms with Crippen LogP contribution in [0, 0.1) is 6.92 Å². The normalized spacial score (nSPS) is 13.3. The van der Waals surface area contributed by atoms with Gasteiger partial charge in [-0.1, -0.05) is 54.1 Å². The molecule has 4 rings (SSSR count). The molecule has 0 saturated carbocycles. The van der Waals surface area contributed by atoms with Crippen LogP contribution in [0.2, 0.25) is 0 Å². The molecule has 0 radical (unpaired) electrons. The molecule has 0 fully saturated rings. The van der Waals surface area contributed by atoms with Crippen molar-refractivity contribution in [2.75, 3.05) is 6.54 Å². The minimum absolute atomic E-state index is 0.0112. The van der Waals surface area contributed by atoms with Crippen LogP contribution in [0.1, 0.15) is 40.8 Å². The highest BCUT2D eigenvalue weighted by Crippen LogP contribution is 2.26. The first kappa shape index (κ1) is 19.4. The smallest absolute Gasteiger partial charge is 0.234 e. The van der Waals surface area contributed by atoms with E-state index in [9.17, 15) is 4.79 Å². The largest absolute Gasteiger partial charge is 0.459 e. The minimum atomic E-state index is -0.198. The van der Waals surface area contributed by atoms with Crippen molar-refractivity contribution in [3.05, 3.63) is 93.9 Å². The fourth-order valence-electron chi connectivity index (χ4n) is 3.37. The van der Waals surface area contributed by atoms with Crippen molar-refractivity contribution in [2.24, 2.45) is 0 Å². The molecule has 0 saturated heterocycles. The molecule has 4 nitrogen and oxygen atoms in total. The summed E-state index contributed by atoms with van der Waals surface area (Å²) in [7, 11) is 0. The third-order valence-corrected chi connectivity index (χ3v) is 5.89. The van der Waals surface area contributed by atoms with Crippen LogP contribution in [0.25, 0.3) is 11.0 Å². The van der Waals surface area contributed by atoms with E-state index in [1.807, 2.05) is 43.3 Å². The molecular formula is C24H24N2O2S. The van der Waals surface area contributed by atoms with Crippen molar-refractivity contribution in [1.82, 2.24) is 10.6 Å². The zero-order chi connectivity index (χ0) is 20.2. The van der Waals surface area contributed by atoms with Gasteiger partial charge in [0, 0.05) is 10.3 Å². The van der Waals surface area contributed by atoms with Gasteiger partial charge in [0.2, 0.25) is 5.91 Å². The summed E-state index contributed by atoms with van der Waals surface area (Å²) in [4.78, 5) is 13.8. The molecule has 148 valence electrons. The van der Waals surface area contributed by atoms with E-state index in [1.165, 1.54) is 10.4 Å². The van der Waals surface area contributed by atoms with Gasteiger partial charge in [-0.15, -0.1) is 11.3 Å². The lowest BCUT2D eigenvalue weighted by molar-refractivity contribution is -0.121. The van der Waals surface area contributed by atoms with Gasteiger partial charge in [-0.25, -0.2) is 0 Å². The highest BCUT2D eigenvalue weighted by molar-refractivity contribution is 7.10. The fourth-order valence-corrected chi connectivity index (χ4v) is 4.20. The summed E-state index contributed by atoms with van der Waals surface area (Å²) in [6, 6.07) is 22.2. The summed E-state index contributed by atoms with van der Waals surface area (Å²) in [5, 5.41) is 9.53. The van der Waals surface area contributed by atoms with Crippen molar-refractivity contribution in [2.45, 2.75) is 25.9 Å². The summed E-state index contributed by atoms with van der Waals surface area (Å²) in [6.45, 7) is 4.23. The lowest BCUT2D eigenvalue weighted by Gasteiger charge is -2.19. The fraction of sp³-hybridized carbons (Fsp3) is 0.208. The third-order valence-electron chi connectivity index (χ3n) is 4.95. The SMILES string of the molecule is Cc1ccc([C@@H](NCC(=O)N[C@H](C)c2cc3ccccc3o2)c2cccs2)cc1. The number of amides is 1. The van der Waals surface area contributed by atoms with Gasteiger partial charge in [0.1, 0.15) is 11.3 Å². The van der Waals surface area contributed by atoms with Crippen LogP contribution < -0.4 is 10.6 Å². The molecule has 1 amide bonds. The number of hydrogen-bond acceptors (Lipinski definition) is 4. The summed E-state index contributed by atoms with van der Waals surface area (Å²) in [5.74, 6) is 0.694. The van der Waals surface area contributed by atoms with E-state index in [2.05, 4.69) is 53.3 Å². The Bertz CT molecular complexity index is 1050. The van der Waals surface area contributed by atoms with Crippen LogP contribution in [-0.2, 0) is 4.79 Å². The molecule has 5 heteroatoms. The van der Waals surface area contributed by atoms with Crippen molar-refractivity contribution in [3.63, 3.8) is 0 Å². The van der Waals surface area contributed by atoms with Crippen LogP contribution in [0.15, 0.2) is 76.5 Å². The van der Waals surface area contributed by atoms with E-state index in [4.69, 9.17) is 4.42 Å². The topological polar surface area (TPSA) is 54.3 Å². The number of nitrogens with one attached hydrogen (secondary N) is 2. The zero-order valence-electron chi connectivity index (χ0n) is 16.5. The van der Waals surface area contributed by atoms with E-state index in [0.717, 1.165) is 22.3 Å². The lowest BCUT2D eigenvalue weighted by Crippen LogP contribution is -2.37. The molecule has 2 aromatic carbocycles. The average molecular weight is 405 g/mol. The Labute approximate surface area is 174 Å². The molecule has 0 bridgehead atoms. The van der Waals surface area contributed by atoms with E-state index < -0.39 is 0 Å². The molecule has 29 heavy (non-hydrogen) atoms. The number of carbonyl (C=O) groups excluding carboxylic acids is 1. The maximum absolute atomic E-state index is 12.6. The Morgan fingerprint density at radius 2 is 1.86 bits per heavy atom. The number of aryl methyl sites for hydroxylation is 1. The number of furan rings is 1. The molecule has 0 unspecified atom stereocenters. The number of fused-ring (bicyclic) bond motifs is 1. The number of thiophene rings is 1. The second-order valence-corrected chi connectivity index (χ2v) is 8.20. The van der Waals surface area contributed by atoms with Crippen LogP contribution in [0.3, 0.4) is 0 Å². The van der Waals surface area contributed by atoms with Crippen molar-refractivity contribution < 1.29 is 9.21 Å². The molecular weight excluding hydrogens is 380 g/mol. The van der Waals surface area contributed by atoms with E-state index >= 15 is 0 Å². The van der Waals surface area contributed by atoms with Crippen molar-refractivity contribution in [3.8, 4) is 0 Å². The molecule has 0 aliphatic carbocycles. The molecule has 2 N–H and O–H groups in total. The van der Waals surface area contributed by atoms with E-state index in [0.29, 0.717) is 0 Å². The highest BCUT2D eigenvalue weighted by atomic mass is 32.1. The molecule has 0 aliphatic heterocycles. The van der Waals surface area contributed by atoms with Gasteiger partial charge in [0.15, 0.2) is 0 Å². The number of rotatable bonds is 7. The minimum Gasteiger partial charge on any atom is -0.459 e. The standard InChI is InChI=1S/C24H24N2O2S/c1-16-9-11-18(12-10-16)24(22-8-5-13-29-22)25-15-23(27)26-17(2)21-14-19-6-3-4-7-20(19)28-21/h3-14,17,24-25H,15H2,1-2H3,(H,26,27)/t17-,24-/m1/s1. The first-order valence-corrected chi connectivity index (χ1v) is 10.6. The molecule has 4 aromatic rings. The van der Waals surface area contributed by atoms with Gasteiger partial charge < -0.3 is 9.73 Å². The second kappa shape index (κ2) is 8.64. The van der Waals surface area contributed by atoms with Crippen molar-refractivity contribution in [1.29, 1.82) is 0 Å². The second-order valence-electron chi connectivity index (χ2n) is 7.22. The first-order valence-electron chi connectivity index (χ1n) is 9.71. The number of carbonyl (C=O) groups is 1. The van der Waals surface area contributed by atoms with Crippen molar-refractivity contribution >= 4 is 28.2 Å². The highest BCUT2D eigenvalue weighted by Gasteiger charge is 2.18. The summed E-state index contributed by atoms with van der Waals surface area (Å²) in [5.41, 5.74) is 3.20. The molecule has 0 spiro atoms. The van der Waals surface area contributed by atoms with Crippen LogP contribution >= 0.6 is 11.3 Å². The quantitative estimate of drug-likeness (QED) is 0.436. The molecule has 2 aromatic heterocycles. The predicted molar refractivity (Wildman–Crippen MR) is 118 cm³/mol. The van der Waals surface area contributed by atoms with Crippen LogP contribution in [-0.4, -0.2) is 12.5 Å². The Balaban J connectivity index is 1.41. The summed E-state index contributed by atoms with van der Waals surface area (Å²) in [6.07, 6.45) is 0. The summed E-state index contributed by atoms with van der Waals surface area (Å²) >= 11 is 1.69. The van der Waals surface area contributed by atoms with Gasteiger partial charge in [-0.3, -0.25) is 10.1 Å². The zero-order valence-corrected chi connectivity index (χ0v) is 17.3. The maximum Gasteiger partial charge on any atom is 0.234 e. The predicted octanol–water partition coefficient (Wildman–Crippen LogP) is 5.36. The van der Waals surface area contributed by atoms with Gasteiger partial charge in [0.25, 0.3) is 0 Å². The third kappa shape index (κ3) is 4.58. The van der Waals surface area contributed by atoms with Gasteiger partial charge >= 0.3 is 0 Å². The number of hydrogen-bond donors (Lipinski definition) is 2. The number of benzene rings is 2. The van der Waals surface area contributed by atoms with Gasteiger partial charge in [-0.2, -0.15) is 0 Å². The summed E-state index contributed by atoms with van der Waals surface area (Å²) < 4.78 is 5.86. The van der Waals surface area contributed by atoms with Crippen LogP contribution in [0.4, 0.5) is 0 Å². The molecule has 0 aliphatic rings. The van der Waals surface area contributed by atoms with Gasteiger partial charge in [-0.05, 0) is 43.0 Å². The Kier molecular flexibility index (Phi) is 5.79. The maximum atomic E-state index is 12.6. The molecule has 2 heterocycles. The Morgan fingerprint density at radius 1 is 1.07 bits per heavy atom. The number of para-hydroxylation sites is 1. The van der Waals surface area contributed by atoms with E-state index in [1.54, 1.807) is 11.3 Å². The Morgan fingerprint density at radius 3 is 2.59 bits per heavy atom. The van der Waals surface area contributed by atoms with Crippen LogP contribution in [0.5, 0.6) is 0 Å². The average Bonchev–Trinajstić information content (AvgIpc) is 3.39. The first-order chi connectivity index (χ1) is 14.1. The lowest BCUT2D eigenvalue weighted by atomic mass is 10.0. The van der Waals surface area contributed by atoms with Gasteiger partial charge in [0.05, 0.1) is 18.6 Å².